The van der Waals surface area contributed by atoms with Crippen molar-refractivity contribution in [3.8, 4) is 0 Å². The molecule has 6 unspecified atom stereocenters. The van der Waals surface area contributed by atoms with Crippen molar-refractivity contribution in [3.05, 3.63) is 11.6 Å². The molecule has 0 heterocycles. The van der Waals surface area contributed by atoms with E-state index in [0.29, 0.717) is 17.1 Å². The molecule has 0 aliphatic heterocycles. The topological polar surface area (TPSA) is 37.3 Å². The first kappa shape index (κ1) is 14.7. The van der Waals surface area contributed by atoms with Crippen molar-refractivity contribution in [3.63, 3.8) is 0 Å². The highest BCUT2D eigenvalue weighted by atomic mass is 16.3. The number of carbonyl (C=O) groups excluding carboxylic acids is 1. The zero-order valence-electron chi connectivity index (χ0n) is 14.6. The second-order valence-corrected chi connectivity index (χ2v) is 9.94. The molecule has 5 aliphatic carbocycles. The Balaban J connectivity index is 1.59. The van der Waals surface area contributed by atoms with Crippen LogP contribution in [0.2, 0.25) is 0 Å². The molecule has 0 aromatic carbocycles. The highest BCUT2D eigenvalue weighted by Crippen LogP contribution is 2.74. The summed E-state index contributed by atoms with van der Waals surface area (Å²) in [6.07, 6.45) is 12.4. The number of aliphatic hydroxyl groups excluding tert-OH is 1. The lowest BCUT2D eigenvalue weighted by Gasteiger charge is -2.60. The Bertz CT molecular complexity index is 601. The molecule has 1 spiro atoms. The first-order chi connectivity index (χ1) is 10.9. The predicted octanol–water partition coefficient (Wildman–Crippen LogP) is 4.27. The molecular weight excluding hydrogens is 284 g/mol. The molecule has 0 amide bonds. The predicted molar refractivity (Wildman–Crippen MR) is 89.8 cm³/mol. The number of carbonyl (C=O) groups is 1. The third kappa shape index (κ3) is 1.72. The molecule has 0 bridgehead atoms. The monoisotopic (exact) mass is 314 g/mol. The van der Waals surface area contributed by atoms with E-state index in [1.165, 1.54) is 38.5 Å². The fourth-order valence-electron chi connectivity index (χ4n) is 7.58. The summed E-state index contributed by atoms with van der Waals surface area (Å²) in [5, 5.41) is 10.6. The average Bonchev–Trinajstić information content (AvgIpc) is 3.21. The van der Waals surface area contributed by atoms with Crippen molar-refractivity contribution in [1.82, 2.24) is 0 Å². The average molecular weight is 314 g/mol. The zero-order valence-corrected chi connectivity index (χ0v) is 14.6. The van der Waals surface area contributed by atoms with Crippen LogP contribution >= 0.6 is 0 Å². The van der Waals surface area contributed by atoms with Gasteiger partial charge in [0.2, 0.25) is 0 Å². The van der Waals surface area contributed by atoms with E-state index in [1.54, 1.807) is 5.57 Å². The van der Waals surface area contributed by atoms with Gasteiger partial charge in [-0.2, -0.15) is 0 Å². The second kappa shape index (κ2) is 4.31. The largest absolute Gasteiger partial charge is 0.393 e. The van der Waals surface area contributed by atoms with Gasteiger partial charge in [-0.3, -0.25) is 4.79 Å². The van der Waals surface area contributed by atoms with Crippen LogP contribution in [0.3, 0.4) is 0 Å². The highest BCUT2D eigenvalue weighted by molar-refractivity contribution is 5.92. The summed E-state index contributed by atoms with van der Waals surface area (Å²) in [5.41, 5.74) is 2.35. The Morgan fingerprint density at radius 2 is 1.83 bits per heavy atom. The normalized spacial score (nSPS) is 53.3. The van der Waals surface area contributed by atoms with Crippen LogP contribution in [0.15, 0.2) is 11.6 Å². The Morgan fingerprint density at radius 1 is 1.04 bits per heavy atom. The molecule has 6 atom stereocenters. The van der Waals surface area contributed by atoms with Gasteiger partial charge >= 0.3 is 0 Å². The van der Waals surface area contributed by atoms with Crippen molar-refractivity contribution in [2.75, 3.05) is 0 Å². The van der Waals surface area contributed by atoms with E-state index in [2.05, 4.69) is 19.9 Å². The van der Waals surface area contributed by atoms with E-state index in [1.807, 2.05) is 0 Å². The Kier molecular flexibility index (Phi) is 2.75. The van der Waals surface area contributed by atoms with E-state index in [0.717, 1.165) is 31.1 Å². The lowest BCUT2D eigenvalue weighted by atomic mass is 9.44. The minimum Gasteiger partial charge on any atom is -0.393 e. The molecule has 126 valence electrons. The van der Waals surface area contributed by atoms with E-state index >= 15 is 0 Å². The number of hydrogen-bond acceptors (Lipinski definition) is 2. The summed E-state index contributed by atoms with van der Waals surface area (Å²) >= 11 is 0. The maximum absolute atomic E-state index is 12.1. The van der Waals surface area contributed by atoms with Crippen molar-refractivity contribution in [2.24, 2.45) is 34.0 Å². The SMILES string of the molecule is CC12CCC(=O)C=C1C1(CC1)CC1C2CCC2(C)C(O)CCC12. The Labute approximate surface area is 139 Å². The lowest BCUT2D eigenvalue weighted by molar-refractivity contribution is -0.119. The third-order valence-electron chi connectivity index (χ3n) is 9.07. The standard InChI is InChI=1S/C21H30O2/c1-19-7-5-13(22)11-17(19)21(9-10-21)12-14-15-3-4-18(23)20(15,2)8-6-16(14)19/h11,14-16,18,23H,3-10,12H2,1-2H3. The van der Waals surface area contributed by atoms with Gasteiger partial charge in [0, 0.05) is 6.42 Å². The highest BCUT2D eigenvalue weighted by Gasteiger charge is 2.66. The van der Waals surface area contributed by atoms with Crippen LogP contribution in [0.1, 0.15) is 71.6 Å². The molecule has 4 saturated carbocycles. The van der Waals surface area contributed by atoms with Crippen LogP contribution in [0, 0.1) is 34.0 Å². The number of aliphatic hydroxyl groups is 1. The molecule has 5 rings (SSSR count). The van der Waals surface area contributed by atoms with Crippen molar-refractivity contribution >= 4 is 5.78 Å². The smallest absolute Gasteiger partial charge is 0.155 e. The molecule has 2 nitrogen and oxygen atoms in total. The number of allylic oxidation sites excluding steroid dienone is 1. The molecule has 2 heteroatoms. The molecule has 0 saturated heterocycles. The fourth-order valence-corrected chi connectivity index (χ4v) is 7.58. The summed E-state index contributed by atoms with van der Waals surface area (Å²) in [4.78, 5) is 12.1. The van der Waals surface area contributed by atoms with Gasteiger partial charge in [-0.1, -0.05) is 19.4 Å². The molecule has 23 heavy (non-hydrogen) atoms. The minimum atomic E-state index is -0.0821. The summed E-state index contributed by atoms with van der Waals surface area (Å²) in [6.45, 7) is 4.85. The minimum absolute atomic E-state index is 0.0821. The van der Waals surface area contributed by atoms with Gasteiger partial charge in [-0.15, -0.1) is 0 Å². The summed E-state index contributed by atoms with van der Waals surface area (Å²) in [7, 11) is 0. The maximum atomic E-state index is 12.1. The fraction of sp³-hybridized carbons (Fsp3) is 0.857. The van der Waals surface area contributed by atoms with E-state index in [9.17, 15) is 9.90 Å². The summed E-state index contributed by atoms with van der Waals surface area (Å²) in [5.74, 6) is 2.61. The Morgan fingerprint density at radius 3 is 2.57 bits per heavy atom. The van der Waals surface area contributed by atoms with Crippen LogP contribution < -0.4 is 0 Å². The number of rotatable bonds is 0. The van der Waals surface area contributed by atoms with Crippen LogP contribution in [0.25, 0.3) is 0 Å². The molecule has 0 radical (unpaired) electrons. The van der Waals surface area contributed by atoms with Crippen LogP contribution in [0.5, 0.6) is 0 Å². The summed E-state index contributed by atoms with van der Waals surface area (Å²) < 4.78 is 0. The number of hydrogen-bond donors (Lipinski definition) is 1. The maximum Gasteiger partial charge on any atom is 0.155 e. The lowest BCUT2D eigenvalue weighted by Crippen LogP contribution is -2.53. The molecule has 1 N–H and O–H groups in total. The molecule has 5 aliphatic rings. The first-order valence-corrected chi connectivity index (χ1v) is 9.83. The second-order valence-electron chi connectivity index (χ2n) is 9.94. The third-order valence-corrected chi connectivity index (χ3v) is 9.07. The van der Waals surface area contributed by atoms with Gasteiger partial charge in [0.25, 0.3) is 0 Å². The first-order valence-electron chi connectivity index (χ1n) is 9.83. The van der Waals surface area contributed by atoms with Crippen molar-refractivity contribution in [2.45, 2.75) is 77.7 Å². The van der Waals surface area contributed by atoms with E-state index in [-0.39, 0.29) is 16.9 Å². The molecular formula is C21H30O2. The quantitative estimate of drug-likeness (QED) is 0.725. The van der Waals surface area contributed by atoms with E-state index < -0.39 is 0 Å². The van der Waals surface area contributed by atoms with Gasteiger partial charge in [-0.25, -0.2) is 0 Å². The van der Waals surface area contributed by atoms with Gasteiger partial charge < -0.3 is 5.11 Å². The van der Waals surface area contributed by atoms with Gasteiger partial charge in [0.05, 0.1) is 6.10 Å². The van der Waals surface area contributed by atoms with Gasteiger partial charge in [0.15, 0.2) is 5.78 Å². The summed E-state index contributed by atoms with van der Waals surface area (Å²) in [6, 6.07) is 0. The van der Waals surface area contributed by atoms with Crippen LogP contribution in [-0.2, 0) is 4.79 Å². The van der Waals surface area contributed by atoms with Crippen molar-refractivity contribution in [1.29, 1.82) is 0 Å². The molecule has 4 fully saturated rings. The zero-order chi connectivity index (χ0) is 16.0. The van der Waals surface area contributed by atoms with Crippen molar-refractivity contribution < 1.29 is 9.90 Å². The van der Waals surface area contributed by atoms with Crippen LogP contribution in [-0.4, -0.2) is 17.0 Å². The number of fused-ring (bicyclic) bond motifs is 6. The Hall–Kier alpha value is -0.630. The van der Waals surface area contributed by atoms with Gasteiger partial charge in [-0.05, 0) is 91.4 Å². The molecule has 0 aromatic rings. The molecule has 0 aromatic heterocycles. The number of ketones is 1. The van der Waals surface area contributed by atoms with Crippen LogP contribution in [0.4, 0.5) is 0 Å². The van der Waals surface area contributed by atoms with E-state index in [4.69, 9.17) is 0 Å². The van der Waals surface area contributed by atoms with Gasteiger partial charge in [0.1, 0.15) is 0 Å².